The van der Waals surface area contributed by atoms with Gasteiger partial charge in [-0.1, -0.05) is 24.3 Å². The van der Waals surface area contributed by atoms with Gasteiger partial charge in [0.05, 0.1) is 0 Å². The number of carbonyl (C=O) groups is 1. The van der Waals surface area contributed by atoms with Crippen LogP contribution in [0.25, 0.3) is 0 Å². The van der Waals surface area contributed by atoms with Crippen molar-refractivity contribution in [3.8, 4) is 0 Å². The highest BCUT2D eigenvalue weighted by atomic mass is 16.1. The lowest BCUT2D eigenvalue weighted by Gasteiger charge is -2.13. The van der Waals surface area contributed by atoms with Crippen molar-refractivity contribution in [2.75, 3.05) is 12.4 Å². The van der Waals surface area contributed by atoms with Gasteiger partial charge in [0.25, 0.3) is 5.91 Å². The van der Waals surface area contributed by atoms with Crippen LogP contribution in [-0.2, 0) is 0 Å². The minimum atomic E-state index is -0.0644. The molecule has 1 atom stereocenters. The molecule has 0 aliphatic rings. The van der Waals surface area contributed by atoms with Crippen LogP contribution in [0, 0.1) is 13.8 Å². The van der Waals surface area contributed by atoms with Gasteiger partial charge in [-0.05, 0) is 62.7 Å². The Morgan fingerprint density at radius 3 is 2.52 bits per heavy atom. The van der Waals surface area contributed by atoms with Crippen LogP contribution >= 0.6 is 0 Å². The number of anilines is 1. The third kappa shape index (κ3) is 3.50. The molecule has 0 fully saturated rings. The van der Waals surface area contributed by atoms with Crippen LogP contribution < -0.4 is 10.6 Å². The normalized spacial score (nSPS) is 12.0. The van der Waals surface area contributed by atoms with E-state index in [-0.39, 0.29) is 11.9 Å². The first-order chi connectivity index (χ1) is 10.0. The van der Waals surface area contributed by atoms with Gasteiger partial charge in [-0.3, -0.25) is 4.79 Å². The molecule has 0 aliphatic carbocycles. The van der Waals surface area contributed by atoms with Gasteiger partial charge in [-0.2, -0.15) is 0 Å². The van der Waals surface area contributed by atoms with Gasteiger partial charge >= 0.3 is 0 Å². The van der Waals surface area contributed by atoms with Crippen LogP contribution in [-0.4, -0.2) is 13.0 Å². The topological polar surface area (TPSA) is 41.1 Å². The lowest BCUT2D eigenvalue weighted by molar-refractivity contribution is 0.102. The summed E-state index contributed by atoms with van der Waals surface area (Å²) in [6.07, 6.45) is 0. The van der Waals surface area contributed by atoms with Gasteiger partial charge in [-0.25, -0.2) is 0 Å². The van der Waals surface area contributed by atoms with E-state index in [1.54, 1.807) is 0 Å². The van der Waals surface area contributed by atoms with Crippen molar-refractivity contribution in [2.45, 2.75) is 26.8 Å². The van der Waals surface area contributed by atoms with E-state index in [4.69, 9.17) is 0 Å². The number of benzene rings is 2. The Morgan fingerprint density at radius 1 is 1.10 bits per heavy atom. The highest BCUT2D eigenvalue weighted by molar-refractivity contribution is 6.05. The zero-order valence-corrected chi connectivity index (χ0v) is 13.0. The molecule has 0 saturated carbocycles. The molecule has 0 aromatic heterocycles. The molecule has 0 heterocycles. The average molecular weight is 282 g/mol. The number of rotatable bonds is 4. The molecule has 3 heteroatoms. The SMILES string of the molecule is CNC(C)c1cccc(NC(=O)c2cccc(C)c2C)c1. The van der Waals surface area contributed by atoms with Crippen molar-refractivity contribution in [3.63, 3.8) is 0 Å². The van der Waals surface area contributed by atoms with Crippen molar-refractivity contribution >= 4 is 11.6 Å². The van der Waals surface area contributed by atoms with E-state index in [0.29, 0.717) is 0 Å². The maximum atomic E-state index is 12.4. The van der Waals surface area contributed by atoms with Gasteiger partial charge in [0.15, 0.2) is 0 Å². The molecule has 2 aromatic rings. The second kappa shape index (κ2) is 6.55. The quantitative estimate of drug-likeness (QED) is 0.894. The predicted molar refractivity (Wildman–Crippen MR) is 87.8 cm³/mol. The van der Waals surface area contributed by atoms with Crippen LogP contribution in [0.3, 0.4) is 0 Å². The largest absolute Gasteiger partial charge is 0.322 e. The zero-order chi connectivity index (χ0) is 15.4. The summed E-state index contributed by atoms with van der Waals surface area (Å²) in [5.41, 5.74) is 4.84. The van der Waals surface area contributed by atoms with Crippen LogP contribution in [0.4, 0.5) is 5.69 Å². The lowest BCUT2D eigenvalue weighted by Crippen LogP contribution is -2.15. The molecule has 1 amide bonds. The lowest BCUT2D eigenvalue weighted by atomic mass is 10.0. The highest BCUT2D eigenvalue weighted by Crippen LogP contribution is 2.19. The molecule has 2 N–H and O–H groups in total. The Bertz CT molecular complexity index is 649. The van der Waals surface area contributed by atoms with E-state index in [0.717, 1.165) is 27.9 Å². The summed E-state index contributed by atoms with van der Waals surface area (Å²) in [6, 6.07) is 14.0. The van der Waals surface area contributed by atoms with E-state index in [1.807, 2.05) is 57.3 Å². The van der Waals surface area contributed by atoms with Crippen LogP contribution in [0.1, 0.15) is 40.0 Å². The molecule has 110 valence electrons. The maximum absolute atomic E-state index is 12.4. The first-order valence-corrected chi connectivity index (χ1v) is 7.17. The van der Waals surface area contributed by atoms with Crippen molar-refractivity contribution in [3.05, 3.63) is 64.7 Å². The molecule has 21 heavy (non-hydrogen) atoms. The van der Waals surface area contributed by atoms with E-state index in [2.05, 4.69) is 23.6 Å². The summed E-state index contributed by atoms with van der Waals surface area (Å²) < 4.78 is 0. The van der Waals surface area contributed by atoms with E-state index in [1.165, 1.54) is 0 Å². The molecule has 1 unspecified atom stereocenters. The molecule has 3 nitrogen and oxygen atoms in total. The van der Waals surface area contributed by atoms with Gasteiger partial charge in [0.1, 0.15) is 0 Å². The third-order valence-corrected chi connectivity index (χ3v) is 3.93. The summed E-state index contributed by atoms with van der Waals surface area (Å²) in [4.78, 5) is 12.4. The van der Waals surface area contributed by atoms with Crippen molar-refractivity contribution in [1.82, 2.24) is 5.32 Å². The number of hydrogen-bond donors (Lipinski definition) is 2. The Kier molecular flexibility index (Phi) is 4.76. The molecule has 0 saturated heterocycles. The second-order valence-electron chi connectivity index (χ2n) is 5.34. The molecule has 2 aromatic carbocycles. The Morgan fingerprint density at radius 2 is 1.81 bits per heavy atom. The summed E-state index contributed by atoms with van der Waals surface area (Å²) in [6.45, 7) is 6.08. The van der Waals surface area contributed by atoms with E-state index in [9.17, 15) is 4.79 Å². The maximum Gasteiger partial charge on any atom is 0.255 e. The van der Waals surface area contributed by atoms with Crippen molar-refractivity contribution in [1.29, 1.82) is 0 Å². The van der Waals surface area contributed by atoms with E-state index >= 15 is 0 Å². The first kappa shape index (κ1) is 15.3. The number of aryl methyl sites for hydroxylation is 1. The van der Waals surface area contributed by atoms with Crippen LogP contribution in [0.15, 0.2) is 42.5 Å². The van der Waals surface area contributed by atoms with Gasteiger partial charge in [0.2, 0.25) is 0 Å². The smallest absolute Gasteiger partial charge is 0.255 e. The summed E-state index contributed by atoms with van der Waals surface area (Å²) >= 11 is 0. The Labute approximate surface area is 126 Å². The monoisotopic (exact) mass is 282 g/mol. The molecule has 0 radical (unpaired) electrons. The number of amides is 1. The molecule has 0 spiro atoms. The number of nitrogens with one attached hydrogen (secondary N) is 2. The van der Waals surface area contributed by atoms with Gasteiger partial charge < -0.3 is 10.6 Å². The standard InChI is InChI=1S/C18H22N2O/c1-12-7-5-10-17(13(12)2)18(21)20-16-9-6-8-15(11-16)14(3)19-4/h5-11,14,19H,1-4H3,(H,20,21). The highest BCUT2D eigenvalue weighted by Gasteiger charge is 2.11. The number of carbonyl (C=O) groups excluding carboxylic acids is 1. The minimum Gasteiger partial charge on any atom is -0.322 e. The van der Waals surface area contributed by atoms with Crippen LogP contribution in [0.5, 0.6) is 0 Å². The van der Waals surface area contributed by atoms with Gasteiger partial charge in [-0.15, -0.1) is 0 Å². The summed E-state index contributed by atoms with van der Waals surface area (Å²) in [7, 11) is 1.92. The van der Waals surface area contributed by atoms with Gasteiger partial charge in [0, 0.05) is 17.3 Å². The zero-order valence-electron chi connectivity index (χ0n) is 13.0. The number of hydrogen-bond acceptors (Lipinski definition) is 2. The van der Waals surface area contributed by atoms with Crippen LogP contribution in [0.2, 0.25) is 0 Å². The predicted octanol–water partition coefficient (Wildman–Crippen LogP) is 3.84. The average Bonchev–Trinajstić information content (AvgIpc) is 2.49. The van der Waals surface area contributed by atoms with E-state index < -0.39 is 0 Å². The second-order valence-corrected chi connectivity index (χ2v) is 5.34. The molecular weight excluding hydrogens is 260 g/mol. The molecule has 0 bridgehead atoms. The third-order valence-electron chi connectivity index (χ3n) is 3.93. The minimum absolute atomic E-state index is 0.0644. The fourth-order valence-corrected chi connectivity index (χ4v) is 2.25. The van der Waals surface area contributed by atoms with Crippen molar-refractivity contribution in [2.24, 2.45) is 0 Å². The Balaban J connectivity index is 2.22. The van der Waals surface area contributed by atoms with Crippen molar-refractivity contribution < 1.29 is 4.79 Å². The first-order valence-electron chi connectivity index (χ1n) is 7.17. The fraction of sp³-hybridized carbons (Fsp3) is 0.278. The molecule has 2 rings (SSSR count). The molecular formula is C18H22N2O. The molecule has 0 aliphatic heterocycles. The summed E-state index contributed by atoms with van der Waals surface area (Å²) in [5.74, 6) is -0.0644. The fourth-order valence-electron chi connectivity index (χ4n) is 2.25. The Hall–Kier alpha value is -2.13. The summed E-state index contributed by atoms with van der Waals surface area (Å²) in [5, 5.41) is 6.18.